The van der Waals surface area contributed by atoms with E-state index >= 15 is 0 Å². The standard InChI is InChI=1S/C21H23N3O2/c1-4-5-8-17-10-12-18(13-11-17)24-16(3)20(22-23-24)21(25)26-19-9-6-7-15(2)14-19/h6-7,9-14H,4-5,8H2,1-3H3. The molecule has 3 rings (SSSR count). The Morgan fingerprint density at radius 2 is 1.88 bits per heavy atom. The Kier molecular flexibility index (Phi) is 5.46. The van der Waals surface area contributed by atoms with Crippen molar-refractivity contribution in [3.63, 3.8) is 0 Å². The molecular formula is C21H23N3O2. The van der Waals surface area contributed by atoms with Crippen molar-refractivity contribution in [3.05, 3.63) is 71.0 Å². The average Bonchev–Trinajstić information content (AvgIpc) is 3.02. The van der Waals surface area contributed by atoms with Crippen molar-refractivity contribution in [1.82, 2.24) is 15.0 Å². The van der Waals surface area contributed by atoms with E-state index in [1.807, 2.05) is 44.2 Å². The van der Waals surface area contributed by atoms with Gasteiger partial charge in [0.1, 0.15) is 5.75 Å². The fourth-order valence-electron chi connectivity index (χ4n) is 2.78. The van der Waals surface area contributed by atoms with Crippen LogP contribution in [0, 0.1) is 13.8 Å². The lowest BCUT2D eigenvalue weighted by Gasteiger charge is -2.06. The number of unbranched alkanes of at least 4 members (excludes halogenated alkanes) is 1. The van der Waals surface area contributed by atoms with Crippen LogP contribution in [0.1, 0.15) is 47.1 Å². The zero-order valence-electron chi connectivity index (χ0n) is 15.4. The van der Waals surface area contributed by atoms with E-state index in [1.165, 1.54) is 18.4 Å². The lowest BCUT2D eigenvalue weighted by atomic mass is 10.1. The molecule has 0 atom stereocenters. The van der Waals surface area contributed by atoms with Crippen LogP contribution in [0.5, 0.6) is 5.75 Å². The fraction of sp³-hybridized carbons (Fsp3) is 0.286. The Bertz CT molecular complexity index is 898. The molecule has 5 heteroatoms. The number of nitrogens with zero attached hydrogens (tertiary/aromatic N) is 3. The Morgan fingerprint density at radius 3 is 2.58 bits per heavy atom. The van der Waals surface area contributed by atoms with E-state index in [-0.39, 0.29) is 5.69 Å². The SMILES string of the molecule is CCCCc1ccc(-n2nnc(C(=O)Oc3cccc(C)c3)c2C)cc1. The van der Waals surface area contributed by atoms with Gasteiger partial charge in [-0.15, -0.1) is 5.10 Å². The maximum atomic E-state index is 12.4. The van der Waals surface area contributed by atoms with Gasteiger partial charge in [0, 0.05) is 0 Å². The minimum absolute atomic E-state index is 0.224. The quantitative estimate of drug-likeness (QED) is 0.487. The van der Waals surface area contributed by atoms with E-state index in [1.54, 1.807) is 10.7 Å². The summed E-state index contributed by atoms with van der Waals surface area (Å²) in [7, 11) is 0. The number of hydrogen-bond acceptors (Lipinski definition) is 4. The average molecular weight is 349 g/mol. The zero-order valence-corrected chi connectivity index (χ0v) is 15.4. The normalized spacial score (nSPS) is 10.7. The van der Waals surface area contributed by atoms with E-state index in [0.717, 1.165) is 17.7 Å². The molecule has 0 unspecified atom stereocenters. The van der Waals surface area contributed by atoms with Crippen molar-refractivity contribution in [2.45, 2.75) is 40.0 Å². The minimum Gasteiger partial charge on any atom is -0.422 e. The third kappa shape index (κ3) is 3.99. The van der Waals surface area contributed by atoms with Crippen LogP contribution in [0.2, 0.25) is 0 Å². The summed E-state index contributed by atoms with van der Waals surface area (Å²) in [5.74, 6) is 0.00291. The summed E-state index contributed by atoms with van der Waals surface area (Å²) in [6.45, 7) is 5.95. The first-order valence-corrected chi connectivity index (χ1v) is 8.89. The zero-order chi connectivity index (χ0) is 18.5. The van der Waals surface area contributed by atoms with Gasteiger partial charge in [-0.3, -0.25) is 0 Å². The molecule has 3 aromatic rings. The van der Waals surface area contributed by atoms with Crippen molar-refractivity contribution in [2.24, 2.45) is 0 Å². The highest BCUT2D eigenvalue weighted by molar-refractivity contribution is 5.90. The number of esters is 1. The highest BCUT2D eigenvalue weighted by Crippen LogP contribution is 2.18. The second kappa shape index (κ2) is 7.95. The second-order valence-electron chi connectivity index (χ2n) is 6.41. The highest BCUT2D eigenvalue weighted by atomic mass is 16.5. The van der Waals surface area contributed by atoms with Crippen LogP contribution in [0.3, 0.4) is 0 Å². The molecule has 0 saturated heterocycles. The monoisotopic (exact) mass is 349 g/mol. The lowest BCUT2D eigenvalue weighted by molar-refractivity contribution is 0.0727. The Hall–Kier alpha value is -2.95. The molecule has 0 spiro atoms. The van der Waals surface area contributed by atoms with Crippen LogP contribution in [0.4, 0.5) is 0 Å². The van der Waals surface area contributed by atoms with E-state index in [9.17, 15) is 4.79 Å². The Labute approximate surface area is 153 Å². The predicted octanol–water partition coefficient (Wildman–Crippen LogP) is 4.45. The maximum Gasteiger partial charge on any atom is 0.366 e. The molecule has 0 radical (unpaired) electrons. The topological polar surface area (TPSA) is 57.0 Å². The van der Waals surface area contributed by atoms with Crippen molar-refractivity contribution < 1.29 is 9.53 Å². The van der Waals surface area contributed by atoms with Gasteiger partial charge in [-0.2, -0.15) is 0 Å². The van der Waals surface area contributed by atoms with Gasteiger partial charge in [0.15, 0.2) is 5.69 Å². The molecule has 26 heavy (non-hydrogen) atoms. The van der Waals surface area contributed by atoms with Gasteiger partial charge >= 0.3 is 5.97 Å². The first kappa shape index (κ1) is 17.9. The molecule has 0 aliphatic rings. The smallest absolute Gasteiger partial charge is 0.366 e. The van der Waals surface area contributed by atoms with E-state index in [4.69, 9.17) is 4.74 Å². The number of aryl methyl sites for hydroxylation is 2. The molecule has 0 aliphatic heterocycles. The van der Waals surface area contributed by atoms with E-state index in [0.29, 0.717) is 11.4 Å². The second-order valence-corrected chi connectivity index (χ2v) is 6.41. The van der Waals surface area contributed by atoms with Crippen LogP contribution < -0.4 is 4.74 Å². The third-order valence-electron chi connectivity index (χ3n) is 4.29. The van der Waals surface area contributed by atoms with Crippen LogP contribution in [0.15, 0.2) is 48.5 Å². The molecular weight excluding hydrogens is 326 g/mol. The molecule has 0 amide bonds. The number of ether oxygens (including phenoxy) is 1. The first-order valence-electron chi connectivity index (χ1n) is 8.89. The Morgan fingerprint density at radius 1 is 1.12 bits per heavy atom. The van der Waals surface area contributed by atoms with Crippen molar-refractivity contribution in [1.29, 1.82) is 0 Å². The van der Waals surface area contributed by atoms with Crippen LogP contribution in [0.25, 0.3) is 5.69 Å². The van der Waals surface area contributed by atoms with Gasteiger partial charge in [-0.05, 0) is 62.1 Å². The van der Waals surface area contributed by atoms with Gasteiger partial charge in [-0.1, -0.05) is 42.8 Å². The Balaban J connectivity index is 1.78. The minimum atomic E-state index is -0.501. The lowest BCUT2D eigenvalue weighted by Crippen LogP contribution is -2.11. The van der Waals surface area contributed by atoms with Crippen LogP contribution in [-0.4, -0.2) is 21.0 Å². The number of aromatic nitrogens is 3. The maximum absolute atomic E-state index is 12.4. The number of rotatable bonds is 6. The molecule has 134 valence electrons. The van der Waals surface area contributed by atoms with E-state index < -0.39 is 5.97 Å². The number of benzene rings is 2. The van der Waals surface area contributed by atoms with Crippen molar-refractivity contribution >= 4 is 5.97 Å². The molecule has 5 nitrogen and oxygen atoms in total. The first-order chi connectivity index (χ1) is 12.6. The largest absolute Gasteiger partial charge is 0.422 e. The molecule has 1 aromatic heterocycles. The van der Waals surface area contributed by atoms with Gasteiger partial charge in [0.2, 0.25) is 0 Å². The summed E-state index contributed by atoms with van der Waals surface area (Å²) in [5, 5.41) is 8.14. The molecule has 2 aromatic carbocycles. The fourth-order valence-corrected chi connectivity index (χ4v) is 2.78. The summed E-state index contributed by atoms with van der Waals surface area (Å²) in [6, 6.07) is 15.6. The molecule has 0 fully saturated rings. The number of hydrogen-bond donors (Lipinski definition) is 0. The summed E-state index contributed by atoms with van der Waals surface area (Å²) < 4.78 is 7.08. The summed E-state index contributed by atoms with van der Waals surface area (Å²) in [6.07, 6.45) is 3.42. The summed E-state index contributed by atoms with van der Waals surface area (Å²) >= 11 is 0. The number of carbonyl (C=O) groups excluding carboxylic acids is 1. The van der Waals surface area contributed by atoms with Crippen molar-refractivity contribution in [2.75, 3.05) is 0 Å². The van der Waals surface area contributed by atoms with Gasteiger partial charge < -0.3 is 4.74 Å². The molecule has 0 bridgehead atoms. The van der Waals surface area contributed by atoms with E-state index in [2.05, 4.69) is 29.4 Å². The molecule has 1 heterocycles. The summed E-state index contributed by atoms with van der Waals surface area (Å²) in [5.41, 5.74) is 4.08. The molecule has 0 N–H and O–H groups in total. The van der Waals surface area contributed by atoms with Crippen molar-refractivity contribution in [3.8, 4) is 11.4 Å². The van der Waals surface area contributed by atoms with Gasteiger partial charge in [0.05, 0.1) is 11.4 Å². The predicted molar refractivity (Wildman–Crippen MR) is 101 cm³/mol. The molecule has 0 aliphatic carbocycles. The van der Waals surface area contributed by atoms with Gasteiger partial charge in [-0.25, -0.2) is 9.48 Å². The van der Waals surface area contributed by atoms with Gasteiger partial charge in [0.25, 0.3) is 0 Å². The number of carbonyl (C=O) groups is 1. The third-order valence-corrected chi connectivity index (χ3v) is 4.29. The van der Waals surface area contributed by atoms with Crippen LogP contribution in [-0.2, 0) is 6.42 Å². The summed E-state index contributed by atoms with van der Waals surface area (Å²) in [4.78, 5) is 12.4. The molecule has 0 saturated carbocycles. The van der Waals surface area contributed by atoms with Crippen LogP contribution >= 0.6 is 0 Å². The highest BCUT2D eigenvalue weighted by Gasteiger charge is 2.19.